The van der Waals surface area contributed by atoms with Crippen LogP contribution in [0.3, 0.4) is 0 Å². The van der Waals surface area contributed by atoms with Gasteiger partial charge in [0.25, 0.3) is 6.29 Å². The smallest absolute Gasteiger partial charge is 0.278 e. The van der Waals surface area contributed by atoms with Gasteiger partial charge >= 0.3 is 0 Å². The molecule has 31 heavy (non-hydrogen) atoms. The van der Waals surface area contributed by atoms with Gasteiger partial charge in [-0.15, -0.1) is 0 Å². The summed E-state index contributed by atoms with van der Waals surface area (Å²) in [7, 11) is 0.500. The molecule has 0 spiro atoms. The van der Waals surface area contributed by atoms with Crippen LogP contribution < -0.4 is 0 Å². The Balaban J connectivity index is 0.000000455. The van der Waals surface area contributed by atoms with E-state index in [2.05, 4.69) is 22.6 Å². The van der Waals surface area contributed by atoms with Crippen molar-refractivity contribution in [3.8, 4) is 11.5 Å². The van der Waals surface area contributed by atoms with Crippen molar-refractivity contribution in [3.63, 3.8) is 0 Å². The number of phenols is 2. The van der Waals surface area contributed by atoms with Crippen molar-refractivity contribution in [1.82, 2.24) is 0 Å². The molecule has 0 aliphatic heterocycles. The molecule has 4 aromatic carbocycles. The zero-order valence-corrected chi connectivity index (χ0v) is 20.1. The monoisotopic (exact) mass is 541 g/mol. The number of fused-ring (bicyclic) bond motifs is 2. The number of halogens is 3. The first-order chi connectivity index (χ1) is 15.0. The molecule has 166 valence electrons. The highest BCUT2D eigenvalue weighted by Crippen LogP contribution is 2.25. The molecule has 0 fully saturated rings. The summed E-state index contributed by atoms with van der Waals surface area (Å²) < 4.78 is 22.8. The van der Waals surface area contributed by atoms with Crippen molar-refractivity contribution in [3.05, 3.63) is 84.2 Å². The van der Waals surface area contributed by atoms with Crippen LogP contribution in [0.25, 0.3) is 21.5 Å². The molecular formula is C25H28F2IO3+. The molecular weight excluding hydrogens is 513 g/mol. The number of aromatic hydroxyl groups is 2. The molecule has 4 rings (SSSR count). The molecule has 0 bridgehead atoms. The Labute approximate surface area is 195 Å². The van der Waals surface area contributed by atoms with E-state index in [-0.39, 0.29) is 5.75 Å². The summed E-state index contributed by atoms with van der Waals surface area (Å²) in [6, 6.07) is 21.9. The van der Waals surface area contributed by atoms with Crippen LogP contribution in [-0.4, -0.2) is 33.4 Å². The molecule has 0 saturated heterocycles. The minimum atomic E-state index is -0.541. The Bertz CT molecular complexity index is 1060. The Morgan fingerprint density at radius 3 is 1.94 bits per heavy atom. The van der Waals surface area contributed by atoms with E-state index >= 15 is 0 Å². The lowest BCUT2D eigenvalue weighted by Gasteiger charge is -2.02. The van der Waals surface area contributed by atoms with Gasteiger partial charge in [-0.1, -0.05) is 76.7 Å². The first-order valence-electron chi connectivity index (χ1n) is 9.19. The molecule has 0 saturated carbocycles. The van der Waals surface area contributed by atoms with Gasteiger partial charge in [-0.3, -0.25) is 9.18 Å². The minimum absolute atomic E-state index is 0.293. The zero-order chi connectivity index (χ0) is 23.8. The highest BCUT2D eigenvalue weighted by Gasteiger charge is 2.05. The van der Waals surface area contributed by atoms with Crippen molar-refractivity contribution in [2.75, 3.05) is 12.1 Å². The average molecular weight is 541 g/mol. The maximum absolute atomic E-state index is 13.3. The number of aldehydes is 1. The normalized spacial score (nSPS) is 8.87. The van der Waals surface area contributed by atoms with Gasteiger partial charge < -0.3 is 10.2 Å². The van der Waals surface area contributed by atoms with Crippen LogP contribution in [0.4, 0.5) is 8.78 Å². The van der Waals surface area contributed by atoms with E-state index in [0.717, 1.165) is 28.0 Å². The lowest BCUT2D eigenvalue weighted by molar-refractivity contribution is 0.436. The van der Waals surface area contributed by atoms with Gasteiger partial charge in [-0.25, -0.2) is 4.39 Å². The molecule has 0 atom stereocenters. The predicted molar refractivity (Wildman–Crippen MR) is 137 cm³/mol. The van der Waals surface area contributed by atoms with Crippen molar-refractivity contribution >= 4 is 50.4 Å². The molecule has 0 aliphatic rings. The van der Waals surface area contributed by atoms with Crippen LogP contribution in [0.15, 0.2) is 72.8 Å². The van der Waals surface area contributed by atoms with Crippen molar-refractivity contribution in [1.29, 1.82) is 0 Å². The molecule has 0 aliphatic carbocycles. The second kappa shape index (κ2) is 16.0. The first kappa shape index (κ1) is 28.3. The maximum Gasteiger partial charge on any atom is 0.278 e. The highest BCUT2D eigenvalue weighted by molar-refractivity contribution is 14.1. The molecule has 6 heteroatoms. The van der Waals surface area contributed by atoms with E-state index in [1.165, 1.54) is 6.07 Å². The minimum Gasteiger partial charge on any atom is -0.508 e. The molecule has 0 amide bonds. The number of benzene rings is 4. The van der Waals surface area contributed by atoms with Gasteiger partial charge in [0.05, 0.1) is 7.18 Å². The average Bonchev–Trinajstić information content (AvgIpc) is 2.80. The number of hydrogen-bond donors (Lipinski definition) is 2. The van der Waals surface area contributed by atoms with Crippen LogP contribution in [0.2, 0.25) is 0 Å². The predicted octanol–water partition coefficient (Wildman–Crippen LogP) is 7.36. The largest absolute Gasteiger partial charge is 0.508 e. The lowest BCUT2D eigenvalue weighted by atomic mass is 10.1. The van der Waals surface area contributed by atoms with Crippen LogP contribution in [-0.2, 0) is 0 Å². The second-order valence-corrected chi connectivity index (χ2v) is 5.91. The van der Waals surface area contributed by atoms with Gasteiger partial charge in [-0.2, -0.15) is 0 Å². The molecule has 4 aromatic rings. The summed E-state index contributed by atoms with van der Waals surface area (Å²) in [5.74, 6) is -0.511. The van der Waals surface area contributed by atoms with E-state index < -0.39 is 5.82 Å². The van der Waals surface area contributed by atoms with E-state index in [0.29, 0.717) is 18.3 Å². The SMILES string of the molecule is CC=[OH+].CF.CI.Cc1ccc2ccc(O)c(F)c2c1.Oc1ccc2ccccc2c1. The maximum atomic E-state index is 13.3. The molecule has 0 radical (unpaired) electrons. The van der Waals surface area contributed by atoms with Gasteiger partial charge in [0.2, 0.25) is 0 Å². The summed E-state index contributed by atoms with van der Waals surface area (Å²) in [6.07, 6.45) is 1.00. The topological polar surface area (TPSA) is 61.9 Å². The summed E-state index contributed by atoms with van der Waals surface area (Å²) >= 11 is 2.15. The molecule has 0 unspecified atom stereocenters. The summed E-state index contributed by atoms with van der Waals surface area (Å²) in [6.45, 7) is 3.45. The zero-order valence-electron chi connectivity index (χ0n) is 18.0. The number of carbonyl (C=O) groups excluding carboxylic acids is 1. The quantitative estimate of drug-likeness (QED) is 0.106. The summed E-state index contributed by atoms with van der Waals surface area (Å²) in [5.41, 5.74) is 0.983. The second-order valence-electron chi connectivity index (χ2n) is 5.91. The fourth-order valence-electron chi connectivity index (χ4n) is 2.56. The number of alkyl halides is 2. The Hall–Kier alpha value is -2.74. The molecule has 0 heterocycles. The third kappa shape index (κ3) is 9.29. The highest BCUT2D eigenvalue weighted by atomic mass is 127. The van der Waals surface area contributed by atoms with Gasteiger partial charge in [0.15, 0.2) is 11.6 Å². The Kier molecular flexibility index (Phi) is 14.6. The van der Waals surface area contributed by atoms with E-state index in [1.807, 2.05) is 54.3 Å². The van der Waals surface area contributed by atoms with Crippen LogP contribution >= 0.6 is 22.6 Å². The van der Waals surface area contributed by atoms with Crippen LogP contribution in [0.1, 0.15) is 12.5 Å². The lowest BCUT2D eigenvalue weighted by Crippen LogP contribution is -1.81. The standard InChI is InChI=1S/C11H9FO.C10H8O.C2H4O.CH3F.CH3I/c1-7-2-3-8-4-5-10(13)11(12)9(8)6-7;11-10-6-5-8-3-1-2-4-9(8)7-10;1-2-3;2*1-2/h2-6,13H,1H3;1-7,11H;2H,1H3;2*1H3/p+1. The summed E-state index contributed by atoms with van der Waals surface area (Å²) in [5, 5.41) is 21.8. The van der Waals surface area contributed by atoms with Gasteiger partial charge in [0.1, 0.15) is 5.75 Å². The molecule has 3 nitrogen and oxygen atoms in total. The van der Waals surface area contributed by atoms with Crippen molar-refractivity contribution in [2.24, 2.45) is 0 Å². The third-order valence-electron chi connectivity index (χ3n) is 3.82. The van der Waals surface area contributed by atoms with Gasteiger partial charge in [-0.05, 0) is 52.3 Å². The number of phenolic OH excluding ortho intramolecular Hbond substituents is 2. The summed E-state index contributed by atoms with van der Waals surface area (Å²) in [4.78, 5) is 9.41. The van der Waals surface area contributed by atoms with Crippen LogP contribution in [0.5, 0.6) is 11.5 Å². The van der Waals surface area contributed by atoms with Crippen molar-refractivity contribution in [2.45, 2.75) is 13.8 Å². The van der Waals surface area contributed by atoms with E-state index in [9.17, 15) is 8.78 Å². The number of rotatable bonds is 0. The van der Waals surface area contributed by atoms with Crippen molar-refractivity contribution < 1.29 is 23.8 Å². The van der Waals surface area contributed by atoms with E-state index in [1.54, 1.807) is 31.2 Å². The fourth-order valence-corrected chi connectivity index (χ4v) is 2.56. The first-order valence-corrected chi connectivity index (χ1v) is 11.3. The van der Waals surface area contributed by atoms with E-state index in [4.69, 9.17) is 15.0 Å². The molecule has 0 aromatic heterocycles. The third-order valence-corrected chi connectivity index (χ3v) is 3.82. The molecule has 3 N–H and O–H groups in total. The number of aryl methyl sites for hydroxylation is 1. The van der Waals surface area contributed by atoms with Gasteiger partial charge in [0, 0.05) is 12.3 Å². The van der Waals surface area contributed by atoms with Crippen LogP contribution in [0, 0.1) is 12.7 Å². The number of hydrogen-bond acceptors (Lipinski definition) is 2. The Morgan fingerprint density at radius 1 is 0.806 bits per heavy atom. The Morgan fingerprint density at radius 2 is 1.32 bits per heavy atom. The fraction of sp³-hybridized carbons (Fsp3) is 0.160.